The molecule has 0 bridgehead atoms. The summed E-state index contributed by atoms with van der Waals surface area (Å²) in [6, 6.07) is 1.76. The molecule has 5 nitrogen and oxygen atoms in total. The van der Waals surface area contributed by atoms with Crippen LogP contribution in [0.25, 0.3) is 0 Å². The quantitative estimate of drug-likeness (QED) is 0.708. The molecule has 0 aliphatic heterocycles. The van der Waals surface area contributed by atoms with Crippen LogP contribution in [0, 0.1) is 0 Å². The van der Waals surface area contributed by atoms with Crippen molar-refractivity contribution in [1.29, 1.82) is 0 Å². The fourth-order valence-electron chi connectivity index (χ4n) is 1.98. The molecule has 1 heterocycles. The lowest BCUT2D eigenvalue weighted by Gasteiger charge is -2.13. The molecule has 0 saturated heterocycles. The van der Waals surface area contributed by atoms with Gasteiger partial charge in [0, 0.05) is 38.6 Å². The summed E-state index contributed by atoms with van der Waals surface area (Å²) in [6.07, 6.45) is 4.28. The minimum Gasteiger partial charge on any atom is -0.349 e. The van der Waals surface area contributed by atoms with Crippen molar-refractivity contribution >= 4 is 10.0 Å². The average molecular weight is 299 g/mol. The molecule has 6 heteroatoms. The van der Waals surface area contributed by atoms with Gasteiger partial charge in [-0.1, -0.05) is 19.9 Å². The molecule has 0 aliphatic rings. The van der Waals surface area contributed by atoms with Crippen molar-refractivity contribution in [2.24, 2.45) is 0 Å². The number of nitrogens with one attached hydrogen (secondary N) is 1. The Hall–Kier alpha value is -1.11. The Balaban J connectivity index is 3.09. The van der Waals surface area contributed by atoms with E-state index in [0.717, 1.165) is 25.2 Å². The summed E-state index contributed by atoms with van der Waals surface area (Å²) in [5.74, 6) is 0. The van der Waals surface area contributed by atoms with E-state index in [1.807, 2.05) is 11.5 Å². The van der Waals surface area contributed by atoms with Crippen LogP contribution in [0.4, 0.5) is 0 Å². The maximum absolute atomic E-state index is 12.4. The molecule has 20 heavy (non-hydrogen) atoms. The number of rotatable bonds is 9. The second kappa shape index (κ2) is 7.61. The zero-order valence-corrected chi connectivity index (χ0v) is 13.4. The van der Waals surface area contributed by atoms with E-state index in [1.54, 1.807) is 25.4 Å². The Bertz CT molecular complexity index is 535. The molecule has 0 fully saturated rings. The highest BCUT2D eigenvalue weighted by Gasteiger charge is 2.22. The molecule has 0 radical (unpaired) electrons. The maximum Gasteiger partial charge on any atom is 0.244 e. The van der Waals surface area contributed by atoms with Crippen molar-refractivity contribution < 1.29 is 8.42 Å². The van der Waals surface area contributed by atoms with Gasteiger partial charge >= 0.3 is 0 Å². The van der Waals surface area contributed by atoms with Gasteiger partial charge in [-0.3, -0.25) is 0 Å². The van der Waals surface area contributed by atoms with E-state index in [0.29, 0.717) is 18.0 Å². The predicted octanol–water partition coefficient (Wildman–Crippen LogP) is 1.81. The van der Waals surface area contributed by atoms with Gasteiger partial charge in [-0.15, -0.1) is 6.58 Å². The SMILES string of the molecule is C=CCN(C)S(=O)(=O)c1cc(CNCC)n(CCC)c1. The fourth-order valence-corrected chi connectivity index (χ4v) is 3.18. The first kappa shape index (κ1) is 16.9. The molecule has 0 aromatic carbocycles. The number of hydrogen-bond donors (Lipinski definition) is 1. The van der Waals surface area contributed by atoms with Gasteiger partial charge in [0.1, 0.15) is 4.90 Å². The largest absolute Gasteiger partial charge is 0.349 e. The molecule has 0 atom stereocenters. The normalized spacial score (nSPS) is 12.0. The highest BCUT2D eigenvalue weighted by atomic mass is 32.2. The van der Waals surface area contributed by atoms with Crippen molar-refractivity contribution in [2.45, 2.75) is 38.3 Å². The van der Waals surface area contributed by atoms with E-state index in [4.69, 9.17) is 0 Å². The topological polar surface area (TPSA) is 54.3 Å². The van der Waals surface area contributed by atoms with E-state index >= 15 is 0 Å². The minimum atomic E-state index is -3.43. The van der Waals surface area contributed by atoms with Crippen molar-refractivity contribution in [3.05, 3.63) is 30.6 Å². The second-order valence-electron chi connectivity index (χ2n) is 4.72. The summed E-state index contributed by atoms with van der Waals surface area (Å²) < 4.78 is 28.1. The van der Waals surface area contributed by atoms with E-state index in [1.165, 1.54) is 4.31 Å². The fraction of sp³-hybridized carbons (Fsp3) is 0.571. The lowest BCUT2D eigenvalue weighted by atomic mass is 10.4. The molecular weight excluding hydrogens is 274 g/mol. The Morgan fingerprint density at radius 1 is 1.45 bits per heavy atom. The van der Waals surface area contributed by atoms with Crippen LogP contribution in [-0.4, -0.2) is 37.4 Å². The zero-order chi connectivity index (χ0) is 15.2. The Morgan fingerprint density at radius 2 is 2.15 bits per heavy atom. The van der Waals surface area contributed by atoms with E-state index in [2.05, 4.69) is 18.8 Å². The van der Waals surface area contributed by atoms with E-state index < -0.39 is 10.0 Å². The van der Waals surface area contributed by atoms with Gasteiger partial charge < -0.3 is 9.88 Å². The molecule has 0 saturated carbocycles. The Morgan fingerprint density at radius 3 is 2.70 bits per heavy atom. The summed E-state index contributed by atoms with van der Waals surface area (Å²) in [5.41, 5.74) is 0.999. The zero-order valence-electron chi connectivity index (χ0n) is 12.6. The number of sulfonamides is 1. The minimum absolute atomic E-state index is 0.309. The molecule has 1 rings (SSSR count). The van der Waals surface area contributed by atoms with Gasteiger partial charge in [-0.05, 0) is 19.0 Å². The van der Waals surface area contributed by atoms with Gasteiger partial charge in [-0.2, -0.15) is 4.31 Å². The van der Waals surface area contributed by atoms with Gasteiger partial charge in [0.2, 0.25) is 10.0 Å². The van der Waals surface area contributed by atoms with Gasteiger partial charge in [-0.25, -0.2) is 8.42 Å². The van der Waals surface area contributed by atoms with Crippen molar-refractivity contribution in [3.8, 4) is 0 Å². The summed E-state index contributed by atoms with van der Waals surface area (Å²) in [6.45, 7) is 10.4. The van der Waals surface area contributed by atoms with Crippen LogP contribution in [-0.2, 0) is 23.1 Å². The average Bonchev–Trinajstić information content (AvgIpc) is 2.81. The second-order valence-corrected chi connectivity index (χ2v) is 6.76. The van der Waals surface area contributed by atoms with Crippen molar-refractivity contribution in [1.82, 2.24) is 14.2 Å². The van der Waals surface area contributed by atoms with Crippen LogP contribution in [0.5, 0.6) is 0 Å². The molecular formula is C14H25N3O2S. The number of hydrogen-bond acceptors (Lipinski definition) is 3. The van der Waals surface area contributed by atoms with Crippen LogP contribution in [0.3, 0.4) is 0 Å². The molecule has 0 unspecified atom stereocenters. The third-order valence-corrected chi connectivity index (χ3v) is 4.86. The number of aryl methyl sites for hydroxylation is 1. The highest BCUT2D eigenvalue weighted by molar-refractivity contribution is 7.89. The first-order chi connectivity index (χ1) is 9.47. The summed E-state index contributed by atoms with van der Waals surface area (Å²) >= 11 is 0. The third kappa shape index (κ3) is 3.94. The number of nitrogens with zero attached hydrogens (tertiary/aromatic N) is 2. The van der Waals surface area contributed by atoms with Crippen LogP contribution in [0.2, 0.25) is 0 Å². The maximum atomic E-state index is 12.4. The molecule has 0 amide bonds. The van der Waals surface area contributed by atoms with Crippen molar-refractivity contribution in [3.63, 3.8) is 0 Å². The highest BCUT2D eigenvalue weighted by Crippen LogP contribution is 2.18. The van der Waals surface area contributed by atoms with Crippen LogP contribution >= 0.6 is 0 Å². The predicted molar refractivity (Wildman–Crippen MR) is 82.1 cm³/mol. The molecule has 0 spiro atoms. The smallest absolute Gasteiger partial charge is 0.244 e. The molecule has 1 aromatic heterocycles. The summed E-state index contributed by atoms with van der Waals surface area (Å²) in [5, 5.41) is 3.24. The molecule has 114 valence electrons. The van der Waals surface area contributed by atoms with E-state index in [9.17, 15) is 8.42 Å². The first-order valence-electron chi connectivity index (χ1n) is 6.94. The first-order valence-corrected chi connectivity index (χ1v) is 8.38. The lowest BCUT2D eigenvalue weighted by Crippen LogP contribution is -2.26. The van der Waals surface area contributed by atoms with Crippen LogP contribution in [0.15, 0.2) is 29.8 Å². The van der Waals surface area contributed by atoms with Crippen LogP contribution < -0.4 is 5.32 Å². The van der Waals surface area contributed by atoms with Crippen molar-refractivity contribution in [2.75, 3.05) is 20.1 Å². The number of aromatic nitrogens is 1. The van der Waals surface area contributed by atoms with Crippen LogP contribution in [0.1, 0.15) is 26.0 Å². The molecule has 1 N–H and O–H groups in total. The monoisotopic (exact) mass is 299 g/mol. The number of likely N-dealkylation sites (N-methyl/N-ethyl adjacent to an activating group) is 1. The summed E-state index contributed by atoms with van der Waals surface area (Å²) in [7, 11) is -1.87. The molecule has 0 aliphatic carbocycles. The van der Waals surface area contributed by atoms with E-state index in [-0.39, 0.29) is 0 Å². The third-order valence-electron chi connectivity index (χ3n) is 3.08. The van der Waals surface area contributed by atoms with Gasteiger partial charge in [0.15, 0.2) is 0 Å². The van der Waals surface area contributed by atoms with Gasteiger partial charge in [0.25, 0.3) is 0 Å². The molecule has 1 aromatic rings. The lowest BCUT2D eigenvalue weighted by molar-refractivity contribution is 0.499. The standard InChI is InChI=1S/C14H25N3O2S/c1-5-8-16(4)20(18,19)14-10-13(11-15-7-3)17(12-14)9-6-2/h5,10,12,15H,1,6-9,11H2,2-4H3. The Labute approximate surface area is 122 Å². The summed E-state index contributed by atoms with van der Waals surface area (Å²) in [4.78, 5) is 0.350. The van der Waals surface area contributed by atoms with Gasteiger partial charge in [0.05, 0.1) is 0 Å². The Kier molecular flexibility index (Phi) is 6.45.